The zero-order valence-corrected chi connectivity index (χ0v) is 22.7. The van der Waals surface area contributed by atoms with E-state index < -0.39 is 0 Å². The van der Waals surface area contributed by atoms with Gasteiger partial charge in [-0.15, -0.1) is 0 Å². The number of amides is 2. The molecule has 1 N–H and O–H groups in total. The molecule has 2 amide bonds. The second-order valence-electron chi connectivity index (χ2n) is 10.6. The van der Waals surface area contributed by atoms with Crippen LogP contribution in [-0.4, -0.2) is 18.4 Å². The van der Waals surface area contributed by atoms with Crippen LogP contribution in [0, 0.1) is 0 Å². The molecule has 5 nitrogen and oxygen atoms in total. The summed E-state index contributed by atoms with van der Waals surface area (Å²) in [5.74, 6) is 0.483. The number of nitrogens with one attached hydrogen (secondary N) is 1. The fraction of sp³-hybridized carbons (Fsp3) is 0.235. The van der Waals surface area contributed by atoms with Crippen molar-refractivity contribution in [3.8, 4) is 5.75 Å². The summed E-state index contributed by atoms with van der Waals surface area (Å²) in [6.07, 6.45) is 0.986. The van der Waals surface area contributed by atoms with Crippen molar-refractivity contribution in [2.24, 2.45) is 0 Å². The van der Waals surface area contributed by atoms with Crippen LogP contribution >= 0.6 is 0 Å². The largest absolute Gasteiger partial charge is 0.482 e. The van der Waals surface area contributed by atoms with E-state index in [4.69, 9.17) is 4.74 Å². The predicted octanol–water partition coefficient (Wildman–Crippen LogP) is 6.82. The monoisotopic (exact) mass is 518 g/mol. The number of rotatable bonds is 8. The Bertz CT molecular complexity index is 1410. The molecule has 0 radical (unpaired) electrons. The van der Waals surface area contributed by atoms with Gasteiger partial charge in [0.05, 0.1) is 18.3 Å². The second-order valence-corrected chi connectivity index (χ2v) is 10.6. The number of fused-ring (bicyclic) bond motifs is 1. The van der Waals surface area contributed by atoms with Gasteiger partial charge in [0.25, 0.3) is 11.8 Å². The molecule has 39 heavy (non-hydrogen) atoms. The number of carbonyl (C=O) groups excluding carboxylic acids is 2. The summed E-state index contributed by atoms with van der Waals surface area (Å²) in [5, 5.41) is 3.19. The summed E-state index contributed by atoms with van der Waals surface area (Å²) >= 11 is 0. The van der Waals surface area contributed by atoms with Gasteiger partial charge in [0.15, 0.2) is 6.61 Å². The maximum absolute atomic E-state index is 13.3. The van der Waals surface area contributed by atoms with Crippen LogP contribution < -0.4 is 15.0 Å². The van der Waals surface area contributed by atoms with Crippen LogP contribution in [0.2, 0.25) is 0 Å². The molecule has 0 atom stereocenters. The Hall–Kier alpha value is -4.38. The number of hydrogen-bond donors (Lipinski definition) is 1. The quantitative estimate of drug-likeness (QED) is 0.278. The summed E-state index contributed by atoms with van der Waals surface area (Å²) in [4.78, 5) is 28.0. The van der Waals surface area contributed by atoms with Crippen LogP contribution in [0.4, 0.5) is 5.69 Å². The molecule has 0 fully saturated rings. The third-order valence-electron chi connectivity index (χ3n) is 7.67. The van der Waals surface area contributed by atoms with Crippen LogP contribution in [0.25, 0.3) is 0 Å². The average molecular weight is 519 g/mol. The summed E-state index contributed by atoms with van der Waals surface area (Å²) < 4.78 is 5.72. The van der Waals surface area contributed by atoms with Gasteiger partial charge in [-0.1, -0.05) is 99.6 Å². The Morgan fingerprint density at radius 1 is 0.897 bits per heavy atom. The molecule has 1 aliphatic heterocycles. The lowest BCUT2D eigenvalue weighted by Gasteiger charge is -2.32. The van der Waals surface area contributed by atoms with Gasteiger partial charge in [0.2, 0.25) is 0 Å². The topological polar surface area (TPSA) is 58.6 Å². The van der Waals surface area contributed by atoms with E-state index in [1.165, 1.54) is 5.56 Å². The van der Waals surface area contributed by atoms with E-state index in [1.807, 2.05) is 91.0 Å². The van der Waals surface area contributed by atoms with E-state index in [2.05, 4.69) is 38.2 Å². The number of ether oxygens (including phenoxy) is 1. The van der Waals surface area contributed by atoms with Gasteiger partial charge >= 0.3 is 0 Å². The molecular weight excluding hydrogens is 484 g/mol. The van der Waals surface area contributed by atoms with E-state index in [-0.39, 0.29) is 29.9 Å². The standard InChI is InChI=1S/C34H34N2O3/c1-4-34(2,3)28-19-20-30-29(21-28)36(31(37)23-39-30)22-24-15-17-27(18-16-24)33(38)35-32(25-11-7-5-8-12-25)26-13-9-6-10-14-26/h5-21,32H,4,22-23H2,1-3H3,(H,35,38). The first-order valence-corrected chi connectivity index (χ1v) is 13.4. The molecule has 0 unspecified atom stereocenters. The second kappa shape index (κ2) is 11.2. The molecule has 0 saturated heterocycles. The van der Waals surface area contributed by atoms with Gasteiger partial charge in [-0.25, -0.2) is 0 Å². The van der Waals surface area contributed by atoms with Crippen molar-refractivity contribution in [1.29, 1.82) is 0 Å². The summed E-state index contributed by atoms with van der Waals surface area (Å²) in [6.45, 7) is 7.00. The average Bonchev–Trinajstić information content (AvgIpc) is 2.98. The lowest BCUT2D eigenvalue weighted by Crippen LogP contribution is -2.38. The molecule has 4 aromatic rings. The minimum atomic E-state index is -0.261. The minimum absolute atomic E-state index is 0.00639. The van der Waals surface area contributed by atoms with E-state index in [1.54, 1.807) is 4.90 Å². The van der Waals surface area contributed by atoms with Gasteiger partial charge in [0.1, 0.15) is 5.75 Å². The predicted molar refractivity (Wildman–Crippen MR) is 155 cm³/mol. The third-order valence-corrected chi connectivity index (χ3v) is 7.67. The fourth-order valence-electron chi connectivity index (χ4n) is 4.81. The fourth-order valence-corrected chi connectivity index (χ4v) is 4.81. The van der Waals surface area contributed by atoms with Crippen molar-refractivity contribution >= 4 is 17.5 Å². The van der Waals surface area contributed by atoms with Gasteiger partial charge in [-0.2, -0.15) is 0 Å². The smallest absolute Gasteiger partial charge is 0.265 e. The van der Waals surface area contributed by atoms with Crippen molar-refractivity contribution in [3.63, 3.8) is 0 Å². The Morgan fingerprint density at radius 2 is 1.51 bits per heavy atom. The van der Waals surface area contributed by atoms with E-state index in [9.17, 15) is 9.59 Å². The van der Waals surface area contributed by atoms with E-state index >= 15 is 0 Å². The first-order chi connectivity index (χ1) is 18.9. The number of benzene rings is 4. The number of anilines is 1. The normalized spacial score (nSPS) is 13.1. The third kappa shape index (κ3) is 5.73. The molecule has 0 bridgehead atoms. The summed E-state index contributed by atoms with van der Waals surface area (Å²) in [6, 6.07) is 33.2. The molecule has 5 heteroatoms. The zero-order chi connectivity index (χ0) is 27.4. The van der Waals surface area contributed by atoms with Crippen molar-refractivity contribution in [2.45, 2.75) is 45.2 Å². The van der Waals surface area contributed by atoms with Crippen LogP contribution in [0.5, 0.6) is 5.75 Å². The van der Waals surface area contributed by atoms with Crippen molar-refractivity contribution in [1.82, 2.24) is 5.32 Å². The van der Waals surface area contributed by atoms with Crippen molar-refractivity contribution in [3.05, 3.63) is 131 Å². The first-order valence-electron chi connectivity index (χ1n) is 13.4. The van der Waals surface area contributed by atoms with Gasteiger partial charge < -0.3 is 15.0 Å². The van der Waals surface area contributed by atoms with Crippen LogP contribution in [-0.2, 0) is 16.8 Å². The van der Waals surface area contributed by atoms with Gasteiger partial charge in [-0.05, 0) is 58.4 Å². The molecule has 0 aliphatic carbocycles. The minimum Gasteiger partial charge on any atom is -0.482 e. The van der Waals surface area contributed by atoms with Crippen LogP contribution in [0.3, 0.4) is 0 Å². The molecule has 1 heterocycles. The first kappa shape index (κ1) is 26.2. The maximum Gasteiger partial charge on any atom is 0.265 e. The highest BCUT2D eigenvalue weighted by molar-refractivity contribution is 5.98. The summed E-state index contributed by atoms with van der Waals surface area (Å²) in [5.41, 5.74) is 5.50. The van der Waals surface area contributed by atoms with E-state index in [0.29, 0.717) is 17.9 Å². The Balaban J connectivity index is 1.35. The lowest BCUT2D eigenvalue weighted by molar-refractivity contribution is -0.121. The van der Waals surface area contributed by atoms with Gasteiger partial charge in [0, 0.05) is 5.56 Å². The highest BCUT2D eigenvalue weighted by Crippen LogP contribution is 2.38. The SMILES string of the molecule is CCC(C)(C)c1ccc2c(c1)N(Cc1ccc(C(=O)NC(c3ccccc3)c3ccccc3)cc1)C(=O)CO2. The molecule has 1 aliphatic rings. The summed E-state index contributed by atoms with van der Waals surface area (Å²) in [7, 11) is 0. The van der Waals surface area contributed by atoms with Crippen molar-refractivity contribution in [2.75, 3.05) is 11.5 Å². The highest BCUT2D eigenvalue weighted by Gasteiger charge is 2.28. The number of nitrogens with zero attached hydrogens (tertiary/aromatic N) is 1. The van der Waals surface area contributed by atoms with Crippen LogP contribution in [0.15, 0.2) is 103 Å². The lowest BCUT2D eigenvalue weighted by atomic mass is 9.82. The molecule has 5 rings (SSSR count). The highest BCUT2D eigenvalue weighted by atomic mass is 16.5. The molecule has 0 aromatic heterocycles. The van der Waals surface area contributed by atoms with Crippen LogP contribution in [0.1, 0.15) is 65.8 Å². The maximum atomic E-state index is 13.3. The molecule has 0 spiro atoms. The Labute approximate surface area is 230 Å². The van der Waals surface area contributed by atoms with Crippen molar-refractivity contribution < 1.29 is 14.3 Å². The molecule has 4 aromatic carbocycles. The number of carbonyl (C=O) groups is 2. The molecular formula is C34H34N2O3. The zero-order valence-electron chi connectivity index (χ0n) is 22.7. The Morgan fingerprint density at radius 3 is 2.10 bits per heavy atom. The van der Waals surface area contributed by atoms with Gasteiger partial charge in [-0.3, -0.25) is 9.59 Å². The molecule has 0 saturated carbocycles. The number of hydrogen-bond acceptors (Lipinski definition) is 3. The Kier molecular flexibility index (Phi) is 7.51. The van der Waals surface area contributed by atoms with E-state index in [0.717, 1.165) is 28.8 Å². The molecule has 198 valence electrons.